The van der Waals surface area contributed by atoms with E-state index in [4.69, 9.17) is 4.52 Å². The molecule has 0 radical (unpaired) electrons. The van der Waals surface area contributed by atoms with Gasteiger partial charge in [0, 0.05) is 49.9 Å². The van der Waals surface area contributed by atoms with Crippen molar-refractivity contribution in [3.05, 3.63) is 65.5 Å². The van der Waals surface area contributed by atoms with Gasteiger partial charge in [-0.1, -0.05) is 23.4 Å². The molecule has 1 aliphatic heterocycles. The number of likely N-dealkylation sites (tertiary alicyclic amines) is 1. The van der Waals surface area contributed by atoms with Crippen molar-refractivity contribution in [1.29, 1.82) is 0 Å². The summed E-state index contributed by atoms with van der Waals surface area (Å²) in [5.41, 5.74) is 3.21. The van der Waals surface area contributed by atoms with E-state index in [0.29, 0.717) is 30.2 Å². The molecule has 8 nitrogen and oxygen atoms in total. The van der Waals surface area contributed by atoms with Crippen molar-refractivity contribution in [2.75, 3.05) is 32.0 Å². The molecule has 2 heterocycles. The molecule has 0 unspecified atom stereocenters. The number of aryl methyl sites for hydroxylation is 1. The SMILES string of the molecule is Cc1ccccc1NC(=O)N(C)CCc1noc(-c2ccc(C(=O)N3CCCC3)cc2)n1. The van der Waals surface area contributed by atoms with Crippen molar-refractivity contribution in [3.8, 4) is 11.5 Å². The number of para-hydroxylation sites is 1. The fourth-order valence-corrected chi connectivity index (χ4v) is 3.62. The van der Waals surface area contributed by atoms with E-state index in [9.17, 15) is 9.59 Å². The van der Waals surface area contributed by atoms with E-state index in [1.165, 1.54) is 0 Å². The van der Waals surface area contributed by atoms with Crippen molar-refractivity contribution < 1.29 is 14.1 Å². The quantitative estimate of drug-likeness (QED) is 0.635. The number of rotatable bonds is 6. The second-order valence-electron chi connectivity index (χ2n) is 8.01. The molecular formula is C24H27N5O3. The number of urea groups is 1. The number of benzene rings is 2. The maximum Gasteiger partial charge on any atom is 0.321 e. The van der Waals surface area contributed by atoms with Gasteiger partial charge in [0.15, 0.2) is 5.82 Å². The Morgan fingerprint density at radius 3 is 2.53 bits per heavy atom. The van der Waals surface area contributed by atoms with E-state index >= 15 is 0 Å². The van der Waals surface area contributed by atoms with Gasteiger partial charge in [-0.25, -0.2) is 4.79 Å². The lowest BCUT2D eigenvalue weighted by molar-refractivity contribution is 0.0793. The van der Waals surface area contributed by atoms with Crippen LogP contribution in [0.1, 0.15) is 34.6 Å². The maximum absolute atomic E-state index is 12.5. The smallest absolute Gasteiger partial charge is 0.321 e. The van der Waals surface area contributed by atoms with Gasteiger partial charge in [0.05, 0.1) is 0 Å². The van der Waals surface area contributed by atoms with Crippen LogP contribution in [0, 0.1) is 6.92 Å². The van der Waals surface area contributed by atoms with Crippen LogP contribution in [0.2, 0.25) is 0 Å². The molecule has 1 N–H and O–H groups in total. The highest BCUT2D eigenvalue weighted by molar-refractivity contribution is 5.94. The highest BCUT2D eigenvalue weighted by Crippen LogP contribution is 2.20. The van der Waals surface area contributed by atoms with E-state index in [1.807, 2.05) is 48.2 Å². The van der Waals surface area contributed by atoms with Gasteiger partial charge in [0.2, 0.25) is 0 Å². The minimum atomic E-state index is -0.193. The average molecular weight is 434 g/mol. The molecule has 3 amide bonds. The minimum absolute atomic E-state index is 0.0623. The summed E-state index contributed by atoms with van der Waals surface area (Å²) in [4.78, 5) is 32.8. The molecular weight excluding hydrogens is 406 g/mol. The first-order chi connectivity index (χ1) is 15.5. The summed E-state index contributed by atoms with van der Waals surface area (Å²) in [6.45, 7) is 4.04. The van der Waals surface area contributed by atoms with Crippen molar-refractivity contribution >= 4 is 17.6 Å². The third kappa shape index (κ3) is 4.96. The number of nitrogens with zero attached hydrogens (tertiary/aromatic N) is 4. The molecule has 0 saturated carbocycles. The highest BCUT2D eigenvalue weighted by Gasteiger charge is 2.20. The lowest BCUT2D eigenvalue weighted by Gasteiger charge is -2.18. The van der Waals surface area contributed by atoms with Crippen LogP contribution in [0.4, 0.5) is 10.5 Å². The second kappa shape index (κ2) is 9.64. The molecule has 8 heteroatoms. The van der Waals surface area contributed by atoms with Gasteiger partial charge in [0.1, 0.15) is 0 Å². The van der Waals surface area contributed by atoms with E-state index in [2.05, 4.69) is 15.5 Å². The normalized spacial score (nSPS) is 13.2. The number of hydrogen-bond acceptors (Lipinski definition) is 5. The monoisotopic (exact) mass is 433 g/mol. The number of amides is 3. The van der Waals surface area contributed by atoms with Gasteiger partial charge in [0.25, 0.3) is 11.8 Å². The Morgan fingerprint density at radius 1 is 1.09 bits per heavy atom. The van der Waals surface area contributed by atoms with Crippen molar-refractivity contribution in [1.82, 2.24) is 19.9 Å². The molecule has 1 aromatic heterocycles. The van der Waals surface area contributed by atoms with Gasteiger partial charge in [-0.15, -0.1) is 0 Å². The molecule has 3 aromatic rings. The Balaban J connectivity index is 1.32. The van der Waals surface area contributed by atoms with Crippen molar-refractivity contribution in [3.63, 3.8) is 0 Å². The predicted octanol–water partition coefficient (Wildman–Crippen LogP) is 3.99. The summed E-state index contributed by atoms with van der Waals surface area (Å²) in [7, 11) is 1.73. The average Bonchev–Trinajstić information content (AvgIpc) is 3.51. The van der Waals surface area contributed by atoms with Crippen LogP contribution in [0.3, 0.4) is 0 Å². The molecule has 4 rings (SSSR count). The maximum atomic E-state index is 12.5. The van der Waals surface area contributed by atoms with Crippen LogP contribution in [-0.4, -0.2) is 58.6 Å². The number of anilines is 1. The van der Waals surface area contributed by atoms with Crippen LogP contribution in [-0.2, 0) is 6.42 Å². The summed E-state index contributed by atoms with van der Waals surface area (Å²) in [5, 5.41) is 6.93. The van der Waals surface area contributed by atoms with Crippen LogP contribution in [0.15, 0.2) is 53.1 Å². The van der Waals surface area contributed by atoms with Crippen LogP contribution < -0.4 is 5.32 Å². The number of aromatic nitrogens is 2. The van der Waals surface area contributed by atoms with Gasteiger partial charge in [-0.05, 0) is 55.7 Å². The number of nitrogens with one attached hydrogen (secondary N) is 1. The highest BCUT2D eigenvalue weighted by atomic mass is 16.5. The van der Waals surface area contributed by atoms with E-state index in [0.717, 1.165) is 42.7 Å². The molecule has 1 saturated heterocycles. The zero-order valence-corrected chi connectivity index (χ0v) is 18.4. The first-order valence-electron chi connectivity index (χ1n) is 10.8. The van der Waals surface area contributed by atoms with Crippen LogP contribution in [0.25, 0.3) is 11.5 Å². The lowest BCUT2D eigenvalue weighted by Crippen LogP contribution is -2.33. The molecule has 32 heavy (non-hydrogen) atoms. The van der Waals surface area contributed by atoms with Crippen molar-refractivity contribution in [2.45, 2.75) is 26.2 Å². The topological polar surface area (TPSA) is 91.6 Å². The summed E-state index contributed by atoms with van der Waals surface area (Å²) < 4.78 is 5.38. The second-order valence-corrected chi connectivity index (χ2v) is 8.01. The molecule has 1 aliphatic rings. The number of hydrogen-bond donors (Lipinski definition) is 1. The van der Waals surface area contributed by atoms with Crippen LogP contribution >= 0.6 is 0 Å². The minimum Gasteiger partial charge on any atom is -0.339 e. The summed E-state index contributed by atoms with van der Waals surface area (Å²) in [6.07, 6.45) is 2.60. The standard InChI is InChI=1S/C24H27N5O3/c1-17-7-3-4-8-20(17)25-24(31)28(2)16-13-21-26-22(32-27-21)18-9-11-19(12-10-18)23(30)29-14-5-6-15-29/h3-4,7-12H,5-6,13-16H2,1-2H3,(H,25,31). The summed E-state index contributed by atoms with van der Waals surface area (Å²) >= 11 is 0. The molecule has 0 bridgehead atoms. The first-order valence-corrected chi connectivity index (χ1v) is 10.8. The number of carbonyl (C=O) groups is 2. The van der Waals surface area contributed by atoms with Crippen molar-refractivity contribution in [2.24, 2.45) is 0 Å². The largest absolute Gasteiger partial charge is 0.339 e. The Morgan fingerprint density at radius 2 is 1.81 bits per heavy atom. The van der Waals surface area contributed by atoms with Gasteiger partial charge >= 0.3 is 6.03 Å². The number of carbonyl (C=O) groups excluding carboxylic acids is 2. The van der Waals surface area contributed by atoms with Gasteiger partial charge < -0.3 is 19.6 Å². The molecule has 2 aromatic carbocycles. The molecule has 0 spiro atoms. The van der Waals surface area contributed by atoms with E-state index in [1.54, 1.807) is 24.1 Å². The summed E-state index contributed by atoms with van der Waals surface area (Å²) in [6, 6.07) is 14.7. The van der Waals surface area contributed by atoms with E-state index in [-0.39, 0.29) is 11.9 Å². The zero-order chi connectivity index (χ0) is 22.5. The van der Waals surface area contributed by atoms with Crippen LogP contribution in [0.5, 0.6) is 0 Å². The van der Waals surface area contributed by atoms with Gasteiger partial charge in [-0.2, -0.15) is 4.98 Å². The Labute approximate surface area is 187 Å². The zero-order valence-electron chi connectivity index (χ0n) is 18.4. The Kier molecular flexibility index (Phi) is 6.49. The third-order valence-electron chi connectivity index (χ3n) is 5.64. The summed E-state index contributed by atoms with van der Waals surface area (Å²) in [5.74, 6) is 0.979. The van der Waals surface area contributed by atoms with Gasteiger partial charge in [-0.3, -0.25) is 4.79 Å². The molecule has 1 fully saturated rings. The first kappa shape index (κ1) is 21.5. The lowest BCUT2D eigenvalue weighted by atomic mass is 10.1. The fourth-order valence-electron chi connectivity index (χ4n) is 3.62. The Bertz CT molecular complexity index is 1090. The fraction of sp³-hybridized carbons (Fsp3) is 0.333. The predicted molar refractivity (Wildman–Crippen MR) is 121 cm³/mol. The molecule has 0 atom stereocenters. The number of likely N-dealkylation sites (N-methyl/N-ethyl adjacent to an activating group) is 1. The third-order valence-corrected chi connectivity index (χ3v) is 5.64. The molecule has 166 valence electrons. The van der Waals surface area contributed by atoms with E-state index < -0.39 is 0 Å². The molecule has 0 aliphatic carbocycles. The Hall–Kier alpha value is -3.68.